The first-order valence-corrected chi connectivity index (χ1v) is 7.94. The van der Waals surface area contributed by atoms with Crippen LogP contribution in [0.25, 0.3) is 0 Å². The van der Waals surface area contributed by atoms with Crippen molar-refractivity contribution in [2.45, 2.75) is 18.9 Å². The SMILES string of the molecule is CC(=O)Nc1cc(Nc2cc(N3CC[C@](O)(C#N)C3=O)ccn2)ncc1F. The number of aromatic nitrogens is 2. The summed E-state index contributed by atoms with van der Waals surface area (Å²) in [5.74, 6) is -1.28. The first kappa shape index (κ1) is 18.2. The van der Waals surface area contributed by atoms with Crippen molar-refractivity contribution in [3.63, 3.8) is 0 Å². The number of nitrogens with zero attached hydrogens (tertiary/aromatic N) is 4. The molecule has 3 N–H and O–H groups in total. The number of rotatable bonds is 4. The zero-order valence-electron chi connectivity index (χ0n) is 14.2. The van der Waals surface area contributed by atoms with Gasteiger partial charge < -0.3 is 20.6 Å². The lowest BCUT2D eigenvalue weighted by atomic mass is 10.1. The van der Waals surface area contributed by atoms with E-state index in [0.29, 0.717) is 11.5 Å². The predicted octanol–water partition coefficient (Wildman–Crippen LogP) is 1.31. The highest BCUT2D eigenvalue weighted by Gasteiger charge is 2.46. The molecule has 1 fully saturated rings. The van der Waals surface area contributed by atoms with Crippen LogP contribution in [0, 0.1) is 17.1 Å². The lowest BCUT2D eigenvalue weighted by Gasteiger charge is -2.18. The minimum atomic E-state index is -2.03. The van der Waals surface area contributed by atoms with Crippen LogP contribution in [0.4, 0.5) is 27.4 Å². The van der Waals surface area contributed by atoms with E-state index in [9.17, 15) is 19.1 Å². The van der Waals surface area contributed by atoms with Crippen LogP contribution in [0.1, 0.15) is 13.3 Å². The molecule has 138 valence electrons. The normalized spacial score (nSPS) is 18.9. The van der Waals surface area contributed by atoms with Gasteiger partial charge in [0.05, 0.1) is 11.9 Å². The van der Waals surface area contributed by atoms with Crippen molar-refractivity contribution in [3.8, 4) is 6.07 Å². The molecule has 0 bridgehead atoms. The van der Waals surface area contributed by atoms with E-state index >= 15 is 0 Å². The molecule has 3 heterocycles. The number of amides is 2. The molecule has 0 aliphatic carbocycles. The van der Waals surface area contributed by atoms with Gasteiger partial charge in [0.15, 0.2) is 5.82 Å². The van der Waals surface area contributed by atoms with Gasteiger partial charge in [0.2, 0.25) is 11.5 Å². The molecule has 0 spiro atoms. The Hall–Kier alpha value is -3.58. The lowest BCUT2D eigenvalue weighted by molar-refractivity contribution is -0.128. The van der Waals surface area contributed by atoms with Crippen LogP contribution in [0.3, 0.4) is 0 Å². The van der Waals surface area contributed by atoms with Gasteiger partial charge in [-0.2, -0.15) is 5.26 Å². The fraction of sp³-hybridized carbons (Fsp3) is 0.235. The lowest BCUT2D eigenvalue weighted by Crippen LogP contribution is -2.38. The molecule has 0 unspecified atom stereocenters. The molecule has 3 rings (SSSR count). The third-order valence-electron chi connectivity index (χ3n) is 3.96. The Bertz CT molecular complexity index is 960. The van der Waals surface area contributed by atoms with E-state index in [4.69, 9.17) is 5.26 Å². The summed E-state index contributed by atoms with van der Waals surface area (Å²) < 4.78 is 13.7. The van der Waals surface area contributed by atoms with Crippen LogP contribution >= 0.6 is 0 Å². The van der Waals surface area contributed by atoms with E-state index in [1.807, 2.05) is 0 Å². The minimum absolute atomic E-state index is 0.00696. The number of nitriles is 1. The number of carbonyl (C=O) groups is 2. The summed E-state index contributed by atoms with van der Waals surface area (Å²) in [6.45, 7) is 1.45. The number of halogens is 1. The third kappa shape index (κ3) is 3.68. The second-order valence-electron chi connectivity index (χ2n) is 5.93. The Morgan fingerprint density at radius 3 is 2.81 bits per heavy atom. The highest BCUT2D eigenvalue weighted by molar-refractivity contribution is 6.03. The second-order valence-corrected chi connectivity index (χ2v) is 5.93. The molecule has 0 aromatic carbocycles. The fourth-order valence-corrected chi connectivity index (χ4v) is 2.63. The van der Waals surface area contributed by atoms with Crippen molar-refractivity contribution in [3.05, 3.63) is 36.4 Å². The highest BCUT2D eigenvalue weighted by atomic mass is 19.1. The van der Waals surface area contributed by atoms with Gasteiger partial charge in [-0.15, -0.1) is 0 Å². The summed E-state index contributed by atoms with van der Waals surface area (Å²) in [4.78, 5) is 32.6. The van der Waals surface area contributed by atoms with Gasteiger partial charge in [-0.25, -0.2) is 14.4 Å². The van der Waals surface area contributed by atoms with Gasteiger partial charge in [-0.05, 0) is 6.07 Å². The highest BCUT2D eigenvalue weighted by Crippen LogP contribution is 2.29. The van der Waals surface area contributed by atoms with Crippen molar-refractivity contribution < 1.29 is 19.1 Å². The quantitative estimate of drug-likeness (QED) is 0.692. The number of aliphatic hydroxyl groups is 1. The predicted molar refractivity (Wildman–Crippen MR) is 93.6 cm³/mol. The van der Waals surface area contributed by atoms with Gasteiger partial charge in [0.1, 0.15) is 17.7 Å². The first-order chi connectivity index (χ1) is 12.8. The van der Waals surface area contributed by atoms with Crippen LogP contribution in [-0.4, -0.2) is 39.0 Å². The number of hydrogen-bond donors (Lipinski definition) is 3. The molecule has 2 aromatic rings. The molecule has 1 atom stereocenters. The van der Waals surface area contributed by atoms with Gasteiger partial charge in [-0.1, -0.05) is 0 Å². The Morgan fingerprint density at radius 1 is 1.41 bits per heavy atom. The molecule has 9 nitrogen and oxygen atoms in total. The Labute approximate surface area is 153 Å². The Balaban J connectivity index is 1.82. The van der Waals surface area contributed by atoms with Gasteiger partial charge in [-0.3, -0.25) is 9.59 Å². The van der Waals surface area contributed by atoms with Gasteiger partial charge in [0, 0.05) is 43.9 Å². The fourth-order valence-electron chi connectivity index (χ4n) is 2.63. The van der Waals surface area contributed by atoms with Crippen molar-refractivity contribution in [2.75, 3.05) is 22.1 Å². The monoisotopic (exact) mass is 370 g/mol. The number of hydrogen-bond acceptors (Lipinski definition) is 7. The van der Waals surface area contributed by atoms with Crippen molar-refractivity contribution in [1.29, 1.82) is 5.26 Å². The van der Waals surface area contributed by atoms with Crippen LogP contribution in [-0.2, 0) is 9.59 Å². The minimum Gasteiger partial charge on any atom is -0.368 e. The molecular formula is C17H15FN6O3. The largest absolute Gasteiger partial charge is 0.368 e. The first-order valence-electron chi connectivity index (χ1n) is 7.94. The number of anilines is 4. The molecule has 1 saturated heterocycles. The van der Waals surface area contributed by atoms with Crippen LogP contribution in [0.2, 0.25) is 0 Å². The van der Waals surface area contributed by atoms with E-state index in [0.717, 1.165) is 6.20 Å². The molecule has 0 saturated carbocycles. The summed E-state index contributed by atoms with van der Waals surface area (Å²) in [5.41, 5.74) is -1.62. The number of carbonyl (C=O) groups excluding carboxylic acids is 2. The zero-order chi connectivity index (χ0) is 19.6. The summed E-state index contributed by atoms with van der Waals surface area (Å²) in [7, 11) is 0. The summed E-state index contributed by atoms with van der Waals surface area (Å²) in [6.07, 6.45) is 2.40. The van der Waals surface area contributed by atoms with E-state index in [2.05, 4.69) is 20.6 Å². The maximum atomic E-state index is 13.7. The average molecular weight is 370 g/mol. The molecule has 10 heteroatoms. The zero-order valence-corrected chi connectivity index (χ0v) is 14.2. The maximum Gasteiger partial charge on any atom is 0.273 e. The van der Waals surface area contributed by atoms with Gasteiger partial charge >= 0.3 is 0 Å². The molecule has 0 radical (unpaired) electrons. The molecule has 2 aromatic heterocycles. The molecule has 2 amide bonds. The Kier molecular flexibility index (Phi) is 4.70. The van der Waals surface area contributed by atoms with Crippen LogP contribution in [0.5, 0.6) is 0 Å². The standard InChI is InChI=1S/C17H15FN6O3/c1-10(25)22-13-7-15(21-8-12(13)18)23-14-6-11(2-4-20-14)24-5-3-17(27,9-19)16(24)26/h2,4,6-8,27H,3,5H2,1H3,(H2,20,21,22,23,25)/t17-/m0/s1. The van der Waals surface area contributed by atoms with Gasteiger partial charge in [0.25, 0.3) is 5.91 Å². The summed E-state index contributed by atoms with van der Waals surface area (Å²) in [6, 6.07) is 6.02. The van der Waals surface area contributed by atoms with Crippen molar-refractivity contribution in [2.24, 2.45) is 0 Å². The molecule has 1 aliphatic heterocycles. The van der Waals surface area contributed by atoms with E-state index < -0.39 is 23.2 Å². The van der Waals surface area contributed by atoms with E-state index in [1.165, 1.54) is 30.2 Å². The Morgan fingerprint density at radius 2 is 2.15 bits per heavy atom. The van der Waals surface area contributed by atoms with Crippen LogP contribution < -0.4 is 15.5 Å². The van der Waals surface area contributed by atoms with Crippen molar-refractivity contribution in [1.82, 2.24) is 9.97 Å². The molecular weight excluding hydrogens is 355 g/mol. The van der Waals surface area contributed by atoms with E-state index in [1.54, 1.807) is 12.1 Å². The number of pyridine rings is 2. The van der Waals surface area contributed by atoms with Crippen LogP contribution in [0.15, 0.2) is 30.6 Å². The summed E-state index contributed by atoms with van der Waals surface area (Å²) >= 11 is 0. The average Bonchev–Trinajstić information content (AvgIpc) is 2.94. The third-order valence-corrected chi connectivity index (χ3v) is 3.96. The molecule has 27 heavy (non-hydrogen) atoms. The van der Waals surface area contributed by atoms with Crippen molar-refractivity contribution >= 4 is 34.8 Å². The second kappa shape index (κ2) is 6.97. The number of nitrogens with one attached hydrogen (secondary N) is 2. The molecule has 1 aliphatic rings. The topological polar surface area (TPSA) is 131 Å². The smallest absolute Gasteiger partial charge is 0.273 e. The maximum absolute atomic E-state index is 13.7. The summed E-state index contributed by atoms with van der Waals surface area (Å²) in [5, 5.41) is 24.2. The van der Waals surface area contributed by atoms with E-state index in [-0.39, 0.29) is 24.5 Å².